The number of carbonyl (C=O) groups excluding carboxylic acids is 2. The number of hydrogen-bond acceptors (Lipinski definition) is 7. The molecule has 0 spiro atoms. The molecular weight excluding hydrogens is 464 g/mol. The number of ether oxygens (including phenoxy) is 1. The number of methoxy groups -OCH3 is 1. The van der Waals surface area contributed by atoms with Gasteiger partial charge in [-0.3, -0.25) is 9.59 Å². The van der Waals surface area contributed by atoms with Crippen molar-refractivity contribution in [2.24, 2.45) is 0 Å². The summed E-state index contributed by atoms with van der Waals surface area (Å²) in [5, 5.41) is 10.5. The number of ketones is 1. The highest BCUT2D eigenvalue weighted by Crippen LogP contribution is 2.27. The Balaban J connectivity index is 2.05. The number of carbonyl (C=O) groups is 2. The van der Waals surface area contributed by atoms with E-state index in [2.05, 4.69) is 17.4 Å². The Hall–Kier alpha value is -3.19. The van der Waals surface area contributed by atoms with Gasteiger partial charge in [-0.25, -0.2) is 4.79 Å². The molecule has 0 amide bonds. The van der Waals surface area contributed by atoms with Gasteiger partial charge in [0, 0.05) is 21.7 Å². The summed E-state index contributed by atoms with van der Waals surface area (Å²) in [4.78, 5) is 38.8. The molecule has 0 radical (unpaired) electrons. The lowest BCUT2D eigenvalue weighted by molar-refractivity contribution is -0.139. The molecule has 2 aromatic rings. The molecular formula is C28H34O6S. The van der Waals surface area contributed by atoms with Crippen molar-refractivity contribution in [3.63, 3.8) is 0 Å². The molecule has 2 heterocycles. The lowest BCUT2D eigenvalue weighted by atomic mass is 9.99. The van der Waals surface area contributed by atoms with Crippen LogP contribution in [0.4, 0.5) is 0 Å². The largest absolute Gasteiger partial charge is 0.507 e. The summed E-state index contributed by atoms with van der Waals surface area (Å²) >= 11 is 1.61. The van der Waals surface area contributed by atoms with Crippen molar-refractivity contribution in [3.8, 4) is 5.75 Å². The quantitative estimate of drug-likeness (QED) is 0.104. The standard InChI is InChI=1S/C28H34O6S/c1-5-6-7-10-13-21-15-16-22(35-21)17-20(3)27(31)26-23(29)18-24(34-28(26)32)19(2)12-9-8-11-14-25(30)33-4/h5,8,11,15-19,29H,1,6-7,9-10,12-14H2,2-4H3. The molecule has 0 aromatic carbocycles. The summed E-state index contributed by atoms with van der Waals surface area (Å²) in [5.74, 6) is -1.09. The zero-order valence-electron chi connectivity index (χ0n) is 20.7. The van der Waals surface area contributed by atoms with Crippen LogP contribution in [0.2, 0.25) is 0 Å². The van der Waals surface area contributed by atoms with Gasteiger partial charge in [-0.05, 0) is 69.2 Å². The maximum Gasteiger partial charge on any atom is 0.351 e. The average molecular weight is 499 g/mol. The molecule has 0 aliphatic rings. The van der Waals surface area contributed by atoms with E-state index in [9.17, 15) is 19.5 Å². The first-order chi connectivity index (χ1) is 16.8. The SMILES string of the molecule is C=CCCCCc1ccc(C=C(C)C(=O)c2c(O)cc(C(C)CCC=CCC(=O)OC)oc2=O)s1. The summed E-state index contributed by atoms with van der Waals surface area (Å²) in [6.45, 7) is 7.23. The molecule has 7 heteroatoms. The predicted molar refractivity (Wildman–Crippen MR) is 140 cm³/mol. The van der Waals surface area contributed by atoms with E-state index < -0.39 is 11.4 Å². The molecule has 188 valence electrons. The number of unbranched alkanes of at least 4 members (excludes halogenated alkanes) is 2. The maximum atomic E-state index is 12.9. The zero-order chi connectivity index (χ0) is 25.8. The fourth-order valence-electron chi connectivity index (χ4n) is 3.49. The second kappa shape index (κ2) is 14.3. The fraction of sp³-hybridized carbons (Fsp3) is 0.393. The number of thiophene rings is 1. The van der Waals surface area contributed by atoms with Gasteiger partial charge >= 0.3 is 11.6 Å². The third-order valence-electron chi connectivity index (χ3n) is 5.59. The molecule has 35 heavy (non-hydrogen) atoms. The lowest BCUT2D eigenvalue weighted by Crippen LogP contribution is -2.16. The van der Waals surface area contributed by atoms with Gasteiger partial charge in [0.05, 0.1) is 13.5 Å². The summed E-state index contributed by atoms with van der Waals surface area (Å²) < 4.78 is 9.96. The van der Waals surface area contributed by atoms with Crippen LogP contribution in [0.25, 0.3) is 6.08 Å². The Bertz CT molecular complexity index is 1130. The van der Waals surface area contributed by atoms with E-state index in [1.54, 1.807) is 30.4 Å². The normalized spacial score (nSPS) is 12.6. The smallest absolute Gasteiger partial charge is 0.351 e. The van der Waals surface area contributed by atoms with Crippen molar-refractivity contribution in [2.45, 2.75) is 64.7 Å². The van der Waals surface area contributed by atoms with Crippen molar-refractivity contribution >= 4 is 29.2 Å². The van der Waals surface area contributed by atoms with Gasteiger partial charge in [0.25, 0.3) is 0 Å². The van der Waals surface area contributed by atoms with Gasteiger partial charge in [0.15, 0.2) is 5.78 Å². The van der Waals surface area contributed by atoms with Gasteiger partial charge in [0.2, 0.25) is 0 Å². The van der Waals surface area contributed by atoms with E-state index in [1.807, 2.05) is 25.1 Å². The first-order valence-electron chi connectivity index (χ1n) is 11.8. The van der Waals surface area contributed by atoms with E-state index in [1.165, 1.54) is 18.1 Å². The number of aromatic hydroxyl groups is 1. The minimum Gasteiger partial charge on any atom is -0.507 e. The molecule has 0 saturated heterocycles. The van der Waals surface area contributed by atoms with Crippen LogP contribution in [0.15, 0.2) is 57.8 Å². The lowest BCUT2D eigenvalue weighted by Gasteiger charge is -2.11. The van der Waals surface area contributed by atoms with E-state index in [0.29, 0.717) is 24.2 Å². The highest BCUT2D eigenvalue weighted by molar-refractivity contribution is 7.12. The predicted octanol–water partition coefficient (Wildman–Crippen LogP) is 6.59. The Morgan fingerprint density at radius 2 is 2.00 bits per heavy atom. The summed E-state index contributed by atoms with van der Waals surface area (Å²) in [7, 11) is 1.34. The minimum atomic E-state index is -0.847. The summed E-state index contributed by atoms with van der Waals surface area (Å²) in [5.41, 5.74) is -0.849. The Labute approximate surface area is 210 Å². The molecule has 0 saturated carbocycles. The topological polar surface area (TPSA) is 93.8 Å². The molecule has 0 aliphatic carbocycles. The fourth-order valence-corrected chi connectivity index (χ4v) is 4.55. The first kappa shape index (κ1) is 28.1. The number of Topliss-reactive ketones (excluding diaryl/α,β-unsaturated/α-hetero) is 1. The minimum absolute atomic E-state index is 0.159. The molecule has 6 nitrogen and oxygen atoms in total. The van der Waals surface area contributed by atoms with Crippen LogP contribution in [0.3, 0.4) is 0 Å². The van der Waals surface area contributed by atoms with E-state index >= 15 is 0 Å². The van der Waals surface area contributed by atoms with Crippen molar-refractivity contribution in [1.82, 2.24) is 0 Å². The van der Waals surface area contributed by atoms with E-state index in [0.717, 1.165) is 30.6 Å². The van der Waals surface area contributed by atoms with Crippen LogP contribution < -0.4 is 5.63 Å². The monoisotopic (exact) mass is 498 g/mol. The molecule has 1 unspecified atom stereocenters. The Kier molecular flexibility index (Phi) is 11.4. The number of rotatable bonds is 14. The van der Waals surface area contributed by atoms with Crippen molar-refractivity contribution < 1.29 is 23.8 Å². The highest BCUT2D eigenvalue weighted by Gasteiger charge is 2.22. The third-order valence-corrected chi connectivity index (χ3v) is 6.68. The van der Waals surface area contributed by atoms with Crippen molar-refractivity contribution in [3.05, 3.63) is 80.1 Å². The van der Waals surface area contributed by atoms with Gasteiger partial charge in [-0.2, -0.15) is 0 Å². The molecule has 0 aliphatic heterocycles. The summed E-state index contributed by atoms with van der Waals surface area (Å²) in [6.07, 6.45) is 12.9. The Morgan fingerprint density at radius 3 is 2.69 bits per heavy atom. The second-order valence-corrected chi connectivity index (χ2v) is 9.62. The molecule has 2 aromatic heterocycles. The number of aryl methyl sites for hydroxylation is 1. The van der Waals surface area contributed by atoms with Gasteiger partial charge in [-0.15, -0.1) is 17.9 Å². The van der Waals surface area contributed by atoms with Crippen LogP contribution in [-0.2, 0) is 16.0 Å². The average Bonchev–Trinajstić information content (AvgIpc) is 3.27. The maximum absolute atomic E-state index is 12.9. The molecule has 2 rings (SSSR count). The van der Waals surface area contributed by atoms with Gasteiger partial charge in [-0.1, -0.05) is 25.2 Å². The molecule has 0 bridgehead atoms. The number of allylic oxidation sites excluding steroid dienone is 3. The van der Waals surface area contributed by atoms with Crippen LogP contribution in [-0.4, -0.2) is 24.0 Å². The van der Waals surface area contributed by atoms with Gasteiger partial charge < -0.3 is 14.3 Å². The number of hydrogen-bond donors (Lipinski definition) is 1. The van der Waals surface area contributed by atoms with Crippen molar-refractivity contribution in [2.75, 3.05) is 7.11 Å². The van der Waals surface area contributed by atoms with Crippen LogP contribution in [0.1, 0.15) is 84.2 Å². The van der Waals surface area contributed by atoms with Gasteiger partial charge in [0.1, 0.15) is 17.1 Å². The van der Waals surface area contributed by atoms with Crippen LogP contribution in [0.5, 0.6) is 5.75 Å². The third kappa shape index (κ3) is 8.83. The highest BCUT2D eigenvalue weighted by atomic mass is 32.1. The summed E-state index contributed by atoms with van der Waals surface area (Å²) in [6, 6.07) is 5.35. The van der Waals surface area contributed by atoms with Crippen LogP contribution in [0, 0.1) is 0 Å². The molecule has 1 N–H and O–H groups in total. The first-order valence-corrected chi connectivity index (χ1v) is 12.6. The molecule has 0 fully saturated rings. The Morgan fingerprint density at radius 1 is 1.23 bits per heavy atom. The van der Waals surface area contributed by atoms with E-state index in [4.69, 9.17) is 4.42 Å². The van der Waals surface area contributed by atoms with Crippen molar-refractivity contribution in [1.29, 1.82) is 0 Å². The number of esters is 1. The van der Waals surface area contributed by atoms with Crippen LogP contribution >= 0.6 is 11.3 Å². The molecule has 1 atom stereocenters. The zero-order valence-corrected chi connectivity index (χ0v) is 21.5. The van der Waals surface area contributed by atoms with E-state index in [-0.39, 0.29) is 29.6 Å². The second-order valence-electron chi connectivity index (χ2n) is 8.42.